The van der Waals surface area contributed by atoms with E-state index in [4.69, 9.17) is 5.73 Å². The molecule has 2 N–H and O–H groups in total. The maximum absolute atomic E-state index is 12.7. The van der Waals surface area contributed by atoms with Crippen LogP contribution in [0.4, 0.5) is 13.2 Å². The monoisotopic (exact) mass is 285 g/mol. The maximum atomic E-state index is 12.7. The van der Waals surface area contributed by atoms with Gasteiger partial charge in [-0.05, 0) is 67.3 Å². The number of rotatable bonds is 2. The molecule has 0 bridgehead atoms. The Bertz CT molecular complexity index is 467. The van der Waals surface area contributed by atoms with Crippen molar-refractivity contribution in [3.8, 4) is 0 Å². The zero-order valence-electron chi connectivity index (χ0n) is 12.0. The average molecular weight is 285 g/mol. The van der Waals surface area contributed by atoms with Crippen LogP contribution < -0.4 is 5.73 Å². The summed E-state index contributed by atoms with van der Waals surface area (Å²) >= 11 is 0. The van der Waals surface area contributed by atoms with Gasteiger partial charge in [-0.25, -0.2) is 0 Å². The first kappa shape index (κ1) is 15.4. The van der Waals surface area contributed by atoms with Crippen LogP contribution in [0, 0.1) is 18.8 Å². The minimum absolute atomic E-state index is 0.297. The molecule has 20 heavy (non-hydrogen) atoms. The molecule has 0 saturated heterocycles. The van der Waals surface area contributed by atoms with Crippen molar-refractivity contribution < 1.29 is 13.2 Å². The average Bonchev–Trinajstić information content (AvgIpc) is 2.37. The molecule has 0 aliphatic heterocycles. The quantitative estimate of drug-likeness (QED) is 0.851. The van der Waals surface area contributed by atoms with Crippen LogP contribution >= 0.6 is 0 Å². The van der Waals surface area contributed by atoms with Crippen LogP contribution in [0.1, 0.15) is 48.8 Å². The van der Waals surface area contributed by atoms with E-state index in [1.165, 1.54) is 12.1 Å². The molecule has 3 unspecified atom stereocenters. The predicted octanol–water partition coefficient (Wildman–Crippen LogP) is 4.49. The third kappa shape index (κ3) is 3.17. The van der Waals surface area contributed by atoms with Crippen LogP contribution in [0.15, 0.2) is 18.2 Å². The molecule has 3 atom stereocenters. The summed E-state index contributed by atoms with van der Waals surface area (Å²) in [6, 6.07) is 4.13. The summed E-state index contributed by atoms with van der Waals surface area (Å²) < 4.78 is 38.2. The SMILES string of the molecule is Cc1cc(C(F)(F)F)ccc1C1CC(C)CCC1CN. The number of nitrogens with two attached hydrogens (primary N) is 1. The summed E-state index contributed by atoms with van der Waals surface area (Å²) in [6.45, 7) is 4.59. The number of halogens is 3. The molecular formula is C16H22F3N. The number of aryl methyl sites for hydroxylation is 1. The Labute approximate surface area is 118 Å². The summed E-state index contributed by atoms with van der Waals surface area (Å²) in [6.07, 6.45) is -1.01. The van der Waals surface area contributed by atoms with E-state index in [-0.39, 0.29) is 0 Å². The molecule has 1 nitrogen and oxygen atoms in total. The van der Waals surface area contributed by atoms with Crippen molar-refractivity contribution in [3.05, 3.63) is 34.9 Å². The van der Waals surface area contributed by atoms with E-state index in [2.05, 4.69) is 6.92 Å². The lowest BCUT2D eigenvalue weighted by Crippen LogP contribution is -2.28. The van der Waals surface area contributed by atoms with Crippen LogP contribution in [0.2, 0.25) is 0 Å². The Kier molecular flexibility index (Phi) is 4.43. The Morgan fingerprint density at radius 3 is 2.50 bits per heavy atom. The zero-order valence-corrected chi connectivity index (χ0v) is 12.0. The van der Waals surface area contributed by atoms with Gasteiger partial charge < -0.3 is 5.73 Å². The molecule has 1 fully saturated rings. The van der Waals surface area contributed by atoms with Gasteiger partial charge >= 0.3 is 6.18 Å². The van der Waals surface area contributed by atoms with E-state index in [1.54, 1.807) is 13.0 Å². The van der Waals surface area contributed by atoms with Crippen LogP contribution in [0.25, 0.3) is 0 Å². The number of hydrogen-bond acceptors (Lipinski definition) is 1. The van der Waals surface area contributed by atoms with Crippen molar-refractivity contribution in [3.63, 3.8) is 0 Å². The van der Waals surface area contributed by atoms with Gasteiger partial charge in [-0.1, -0.05) is 19.4 Å². The van der Waals surface area contributed by atoms with Crippen molar-refractivity contribution in [2.24, 2.45) is 17.6 Å². The van der Waals surface area contributed by atoms with Gasteiger partial charge in [-0.15, -0.1) is 0 Å². The first-order valence-corrected chi connectivity index (χ1v) is 7.20. The first-order valence-electron chi connectivity index (χ1n) is 7.20. The molecule has 0 aromatic heterocycles. The molecule has 1 aromatic carbocycles. The van der Waals surface area contributed by atoms with Crippen molar-refractivity contribution in [2.75, 3.05) is 6.54 Å². The lowest BCUT2D eigenvalue weighted by molar-refractivity contribution is -0.137. The number of alkyl halides is 3. The molecule has 1 saturated carbocycles. The summed E-state index contributed by atoms with van der Waals surface area (Å²) in [5.74, 6) is 1.30. The van der Waals surface area contributed by atoms with Gasteiger partial charge in [0.15, 0.2) is 0 Å². The molecule has 0 amide bonds. The largest absolute Gasteiger partial charge is 0.416 e. The van der Waals surface area contributed by atoms with Gasteiger partial charge in [-0.2, -0.15) is 13.2 Å². The van der Waals surface area contributed by atoms with Crippen LogP contribution in [-0.4, -0.2) is 6.54 Å². The highest BCUT2D eigenvalue weighted by Crippen LogP contribution is 2.42. The summed E-state index contributed by atoms with van der Waals surface area (Å²) in [7, 11) is 0. The number of benzene rings is 1. The first-order chi connectivity index (χ1) is 9.32. The van der Waals surface area contributed by atoms with Gasteiger partial charge in [0.25, 0.3) is 0 Å². The molecule has 1 aliphatic carbocycles. The molecule has 1 aromatic rings. The minimum Gasteiger partial charge on any atom is -0.330 e. The van der Waals surface area contributed by atoms with Crippen molar-refractivity contribution in [1.82, 2.24) is 0 Å². The van der Waals surface area contributed by atoms with Gasteiger partial charge in [0, 0.05) is 0 Å². The topological polar surface area (TPSA) is 26.0 Å². The third-order valence-corrected chi connectivity index (χ3v) is 4.55. The summed E-state index contributed by atoms with van der Waals surface area (Å²) in [5.41, 5.74) is 7.06. The van der Waals surface area contributed by atoms with Crippen molar-refractivity contribution in [2.45, 2.75) is 45.2 Å². The Morgan fingerprint density at radius 2 is 1.95 bits per heavy atom. The predicted molar refractivity (Wildman–Crippen MR) is 74.5 cm³/mol. The Hall–Kier alpha value is -1.03. The van der Waals surface area contributed by atoms with Gasteiger partial charge in [0.05, 0.1) is 5.56 Å². The molecule has 0 spiro atoms. The fourth-order valence-corrected chi connectivity index (χ4v) is 3.37. The fourth-order valence-electron chi connectivity index (χ4n) is 3.37. The molecular weight excluding hydrogens is 263 g/mol. The van der Waals surface area contributed by atoms with E-state index in [0.29, 0.717) is 24.3 Å². The molecule has 4 heteroatoms. The lowest BCUT2D eigenvalue weighted by atomic mass is 9.70. The fraction of sp³-hybridized carbons (Fsp3) is 0.625. The highest BCUT2D eigenvalue weighted by Gasteiger charge is 2.33. The standard InChI is InChI=1S/C16H22F3N/c1-10-3-4-12(9-20)15(7-10)14-6-5-13(8-11(14)2)16(17,18)19/h5-6,8,10,12,15H,3-4,7,9,20H2,1-2H3. The normalized spacial score (nSPS) is 27.6. The maximum Gasteiger partial charge on any atom is 0.416 e. The summed E-state index contributed by atoms with van der Waals surface area (Å²) in [5, 5.41) is 0. The molecule has 112 valence electrons. The van der Waals surface area contributed by atoms with Crippen molar-refractivity contribution >= 4 is 0 Å². The smallest absolute Gasteiger partial charge is 0.330 e. The van der Waals surface area contributed by atoms with E-state index >= 15 is 0 Å². The second-order valence-corrected chi connectivity index (χ2v) is 6.09. The zero-order chi connectivity index (χ0) is 14.9. The lowest BCUT2D eigenvalue weighted by Gasteiger charge is -2.35. The second-order valence-electron chi connectivity index (χ2n) is 6.09. The second kappa shape index (κ2) is 5.76. The van der Waals surface area contributed by atoms with E-state index in [9.17, 15) is 13.2 Å². The van der Waals surface area contributed by atoms with Gasteiger partial charge in [-0.3, -0.25) is 0 Å². The highest BCUT2D eigenvalue weighted by atomic mass is 19.4. The van der Waals surface area contributed by atoms with Crippen molar-refractivity contribution in [1.29, 1.82) is 0 Å². The van der Waals surface area contributed by atoms with Crippen LogP contribution in [0.5, 0.6) is 0 Å². The van der Waals surface area contributed by atoms with E-state index in [0.717, 1.165) is 30.4 Å². The Balaban J connectivity index is 2.31. The van der Waals surface area contributed by atoms with Crippen LogP contribution in [-0.2, 0) is 6.18 Å². The van der Waals surface area contributed by atoms with Gasteiger partial charge in [0.2, 0.25) is 0 Å². The molecule has 1 aliphatic rings. The van der Waals surface area contributed by atoms with E-state index < -0.39 is 11.7 Å². The van der Waals surface area contributed by atoms with Gasteiger partial charge in [0.1, 0.15) is 0 Å². The molecule has 0 heterocycles. The Morgan fingerprint density at radius 1 is 1.25 bits per heavy atom. The van der Waals surface area contributed by atoms with E-state index in [1.807, 2.05) is 0 Å². The summed E-state index contributed by atoms with van der Waals surface area (Å²) in [4.78, 5) is 0. The number of hydrogen-bond donors (Lipinski definition) is 1. The molecule has 0 radical (unpaired) electrons. The third-order valence-electron chi connectivity index (χ3n) is 4.55. The minimum atomic E-state index is -4.27. The molecule has 2 rings (SSSR count). The highest BCUT2D eigenvalue weighted by molar-refractivity contribution is 5.35. The van der Waals surface area contributed by atoms with Crippen LogP contribution in [0.3, 0.4) is 0 Å².